The number of benzene rings is 1. The number of nitrogens with one attached hydrogen (secondary N) is 1. The van der Waals surface area contributed by atoms with Gasteiger partial charge in [0, 0.05) is 13.1 Å². The van der Waals surface area contributed by atoms with Crippen LogP contribution in [0.4, 0.5) is 0 Å². The van der Waals surface area contributed by atoms with Gasteiger partial charge in [0.1, 0.15) is 12.4 Å². The Kier molecular flexibility index (Phi) is 5.29. The molecule has 1 atom stereocenters. The molecule has 0 saturated carbocycles. The third-order valence-electron chi connectivity index (χ3n) is 2.56. The Labute approximate surface area is 97.4 Å². The molecule has 1 unspecified atom stereocenters. The van der Waals surface area contributed by atoms with Crippen LogP contribution in [0.5, 0.6) is 5.75 Å². The molecule has 1 rings (SSSR count). The first-order valence-electron chi connectivity index (χ1n) is 5.75. The second kappa shape index (κ2) is 6.51. The van der Waals surface area contributed by atoms with Crippen molar-refractivity contribution in [1.82, 2.24) is 5.32 Å². The van der Waals surface area contributed by atoms with Gasteiger partial charge in [0.15, 0.2) is 0 Å². The number of para-hydroxylation sites is 1. The summed E-state index contributed by atoms with van der Waals surface area (Å²) in [6.45, 7) is 5.76. The highest BCUT2D eigenvalue weighted by atomic mass is 16.5. The van der Waals surface area contributed by atoms with Crippen molar-refractivity contribution < 1.29 is 9.84 Å². The van der Waals surface area contributed by atoms with Crippen molar-refractivity contribution in [3.63, 3.8) is 0 Å². The average molecular weight is 223 g/mol. The zero-order valence-corrected chi connectivity index (χ0v) is 10.1. The minimum Gasteiger partial charge on any atom is -0.492 e. The predicted molar refractivity (Wildman–Crippen MR) is 65.7 cm³/mol. The van der Waals surface area contributed by atoms with Crippen LogP contribution in [0.1, 0.15) is 20.3 Å². The van der Waals surface area contributed by atoms with E-state index in [1.807, 2.05) is 44.2 Å². The number of hydrogen-bond donors (Lipinski definition) is 2. The van der Waals surface area contributed by atoms with E-state index in [-0.39, 0.29) is 0 Å². The normalized spacial score (nSPS) is 14.4. The molecule has 0 heterocycles. The summed E-state index contributed by atoms with van der Waals surface area (Å²) in [6, 6.07) is 9.73. The highest BCUT2D eigenvalue weighted by molar-refractivity contribution is 5.20. The minimum atomic E-state index is -0.618. The first-order chi connectivity index (χ1) is 7.64. The van der Waals surface area contributed by atoms with E-state index < -0.39 is 5.60 Å². The fourth-order valence-corrected chi connectivity index (χ4v) is 1.24. The molecule has 0 aliphatic carbocycles. The molecule has 0 aromatic heterocycles. The molecular weight excluding hydrogens is 202 g/mol. The van der Waals surface area contributed by atoms with Crippen LogP contribution < -0.4 is 10.1 Å². The van der Waals surface area contributed by atoms with Gasteiger partial charge in [-0.05, 0) is 25.5 Å². The van der Waals surface area contributed by atoms with Gasteiger partial charge in [-0.1, -0.05) is 25.1 Å². The highest BCUT2D eigenvalue weighted by Crippen LogP contribution is 2.08. The van der Waals surface area contributed by atoms with E-state index in [4.69, 9.17) is 4.74 Å². The van der Waals surface area contributed by atoms with Crippen LogP contribution in [-0.4, -0.2) is 30.4 Å². The zero-order valence-electron chi connectivity index (χ0n) is 10.1. The van der Waals surface area contributed by atoms with Crippen molar-refractivity contribution in [3.8, 4) is 5.75 Å². The van der Waals surface area contributed by atoms with Gasteiger partial charge in [0.05, 0.1) is 5.60 Å². The Morgan fingerprint density at radius 2 is 2.00 bits per heavy atom. The van der Waals surface area contributed by atoms with Gasteiger partial charge in [0.2, 0.25) is 0 Å². The minimum absolute atomic E-state index is 0.599. The fourth-order valence-electron chi connectivity index (χ4n) is 1.24. The lowest BCUT2D eigenvalue weighted by atomic mass is 10.0. The first-order valence-corrected chi connectivity index (χ1v) is 5.75. The molecule has 1 aromatic rings. The summed E-state index contributed by atoms with van der Waals surface area (Å²) < 4.78 is 5.51. The fraction of sp³-hybridized carbons (Fsp3) is 0.538. The maximum atomic E-state index is 9.74. The van der Waals surface area contributed by atoms with Crippen molar-refractivity contribution in [2.24, 2.45) is 0 Å². The Morgan fingerprint density at radius 3 is 2.62 bits per heavy atom. The predicted octanol–water partition coefficient (Wildman–Crippen LogP) is 1.82. The van der Waals surface area contributed by atoms with Gasteiger partial charge in [-0.3, -0.25) is 0 Å². The smallest absolute Gasteiger partial charge is 0.119 e. The van der Waals surface area contributed by atoms with E-state index in [1.165, 1.54) is 0 Å². The molecule has 3 heteroatoms. The van der Waals surface area contributed by atoms with E-state index in [9.17, 15) is 5.11 Å². The van der Waals surface area contributed by atoms with E-state index in [2.05, 4.69) is 5.32 Å². The summed E-state index contributed by atoms with van der Waals surface area (Å²) in [5.41, 5.74) is -0.618. The Balaban J connectivity index is 2.09. The lowest BCUT2D eigenvalue weighted by Crippen LogP contribution is -2.38. The summed E-state index contributed by atoms with van der Waals surface area (Å²) >= 11 is 0. The maximum absolute atomic E-state index is 9.74. The standard InChI is InChI=1S/C13H21NO2/c1-3-13(2,15)11-14-9-10-16-12-7-5-4-6-8-12/h4-8,14-15H,3,9-11H2,1-2H3. The molecule has 1 aromatic carbocycles. The lowest BCUT2D eigenvalue weighted by molar-refractivity contribution is 0.0552. The molecule has 16 heavy (non-hydrogen) atoms. The van der Waals surface area contributed by atoms with Crippen LogP contribution in [0.2, 0.25) is 0 Å². The summed E-state index contributed by atoms with van der Waals surface area (Å²) in [5.74, 6) is 0.881. The van der Waals surface area contributed by atoms with Crippen LogP contribution in [0.15, 0.2) is 30.3 Å². The molecule has 0 aliphatic rings. The van der Waals surface area contributed by atoms with Crippen LogP contribution >= 0.6 is 0 Å². The summed E-state index contributed by atoms with van der Waals surface area (Å²) in [6.07, 6.45) is 0.750. The van der Waals surface area contributed by atoms with E-state index in [0.29, 0.717) is 13.2 Å². The second-order valence-electron chi connectivity index (χ2n) is 4.19. The van der Waals surface area contributed by atoms with Crippen molar-refractivity contribution in [3.05, 3.63) is 30.3 Å². The SMILES string of the molecule is CCC(C)(O)CNCCOc1ccccc1. The molecule has 0 spiro atoms. The van der Waals surface area contributed by atoms with Gasteiger partial charge in [-0.15, -0.1) is 0 Å². The van der Waals surface area contributed by atoms with E-state index in [1.54, 1.807) is 0 Å². The number of ether oxygens (including phenoxy) is 1. The highest BCUT2D eigenvalue weighted by Gasteiger charge is 2.15. The molecule has 2 N–H and O–H groups in total. The van der Waals surface area contributed by atoms with Crippen LogP contribution in [0.3, 0.4) is 0 Å². The topological polar surface area (TPSA) is 41.5 Å². The first kappa shape index (κ1) is 13.0. The lowest BCUT2D eigenvalue weighted by Gasteiger charge is -2.21. The molecular formula is C13H21NO2. The quantitative estimate of drug-likeness (QED) is 0.693. The van der Waals surface area contributed by atoms with E-state index in [0.717, 1.165) is 18.7 Å². The molecule has 90 valence electrons. The summed E-state index contributed by atoms with van der Waals surface area (Å²) in [7, 11) is 0. The molecule has 0 bridgehead atoms. The van der Waals surface area contributed by atoms with Crippen molar-refractivity contribution in [2.75, 3.05) is 19.7 Å². The molecule has 0 radical (unpaired) electrons. The monoisotopic (exact) mass is 223 g/mol. The second-order valence-corrected chi connectivity index (χ2v) is 4.19. The van der Waals surface area contributed by atoms with Gasteiger partial charge >= 0.3 is 0 Å². The molecule has 0 amide bonds. The Bertz CT molecular complexity index is 285. The van der Waals surface area contributed by atoms with Gasteiger partial charge in [-0.2, -0.15) is 0 Å². The third kappa shape index (κ3) is 5.14. The number of rotatable bonds is 7. The van der Waals surface area contributed by atoms with Gasteiger partial charge < -0.3 is 15.2 Å². The molecule has 3 nitrogen and oxygen atoms in total. The third-order valence-corrected chi connectivity index (χ3v) is 2.56. The van der Waals surface area contributed by atoms with Gasteiger partial charge in [-0.25, -0.2) is 0 Å². The number of hydrogen-bond acceptors (Lipinski definition) is 3. The Morgan fingerprint density at radius 1 is 1.31 bits per heavy atom. The van der Waals surface area contributed by atoms with Crippen molar-refractivity contribution in [1.29, 1.82) is 0 Å². The Hall–Kier alpha value is -1.06. The van der Waals surface area contributed by atoms with E-state index >= 15 is 0 Å². The van der Waals surface area contributed by atoms with Crippen molar-refractivity contribution in [2.45, 2.75) is 25.9 Å². The largest absolute Gasteiger partial charge is 0.492 e. The van der Waals surface area contributed by atoms with Crippen LogP contribution in [0.25, 0.3) is 0 Å². The van der Waals surface area contributed by atoms with Crippen molar-refractivity contribution >= 4 is 0 Å². The number of aliphatic hydroxyl groups is 1. The maximum Gasteiger partial charge on any atom is 0.119 e. The summed E-state index contributed by atoms with van der Waals surface area (Å²) in [5, 5.41) is 12.9. The van der Waals surface area contributed by atoms with Gasteiger partial charge in [0.25, 0.3) is 0 Å². The molecule has 0 fully saturated rings. The zero-order chi connectivity index (χ0) is 11.9. The average Bonchev–Trinajstić information content (AvgIpc) is 2.30. The molecule has 0 aliphatic heterocycles. The molecule has 0 saturated heterocycles. The summed E-state index contributed by atoms with van der Waals surface area (Å²) in [4.78, 5) is 0. The van der Waals surface area contributed by atoms with Crippen LogP contribution in [0, 0.1) is 0 Å². The van der Waals surface area contributed by atoms with Crippen LogP contribution in [-0.2, 0) is 0 Å².